The molecule has 1 aromatic rings. The van der Waals surface area contributed by atoms with Crippen molar-refractivity contribution in [2.24, 2.45) is 0 Å². The molecule has 0 fully saturated rings. The molecule has 1 rings (SSSR count). The molecular weight excluding hydrogens is 257 g/mol. The average molecular weight is 272 g/mol. The van der Waals surface area contributed by atoms with E-state index in [-0.39, 0.29) is 0 Å². The van der Waals surface area contributed by atoms with Crippen LogP contribution < -0.4 is 0 Å². The zero-order chi connectivity index (χ0) is 14.6. The van der Waals surface area contributed by atoms with Gasteiger partial charge in [0.05, 0.1) is 5.56 Å². The highest BCUT2D eigenvalue weighted by Gasteiger charge is 2.31. The van der Waals surface area contributed by atoms with Crippen molar-refractivity contribution in [3.63, 3.8) is 0 Å². The first-order valence-corrected chi connectivity index (χ1v) is 5.93. The molecule has 0 heterocycles. The number of aliphatic carboxylic acids is 1. The van der Waals surface area contributed by atoms with Gasteiger partial charge in [0.15, 0.2) is 0 Å². The molecule has 0 spiro atoms. The van der Waals surface area contributed by atoms with E-state index in [1.807, 2.05) is 0 Å². The number of hydrogen-bond donors (Lipinski definition) is 1. The van der Waals surface area contributed by atoms with Crippen LogP contribution >= 0.6 is 0 Å². The Balaban J connectivity index is 3.42. The molecule has 0 radical (unpaired) electrons. The van der Waals surface area contributed by atoms with Crippen molar-refractivity contribution >= 4 is 12.0 Å². The van der Waals surface area contributed by atoms with Crippen LogP contribution in [0, 0.1) is 0 Å². The van der Waals surface area contributed by atoms with Crippen LogP contribution in [0.1, 0.15) is 36.1 Å². The van der Waals surface area contributed by atoms with Gasteiger partial charge >= 0.3 is 12.1 Å². The van der Waals surface area contributed by atoms with Gasteiger partial charge in [0.1, 0.15) is 0 Å². The molecule has 2 nitrogen and oxygen atoms in total. The van der Waals surface area contributed by atoms with Crippen LogP contribution in [0.15, 0.2) is 18.2 Å². The van der Waals surface area contributed by atoms with Gasteiger partial charge in [-0.1, -0.05) is 13.8 Å². The lowest BCUT2D eigenvalue weighted by Gasteiger charge is -2.15. The topological polar surface area (TPSA) is 37.3 Å². The molecule has 0 saturated carbocycles. The van der Waals surface area contributed by atoms with Gasteiger partial charge in [-0.05, 0) is 47.7 Å². The first-order chi connectivity index (χ1) is 8.79. The molecule has 1 N–H and O–H groups in total. The van der Waals surface area contributed by atoms with E-state index in [1.54, 1.807) is 13.8 Å². The Morgan fingerprint density at radius 2 is 1.68 bits per heavy atom. The summed E-state index contributed by atoms with van der Waals surface area (Å²) in [6, 6.07) is 2.17. The predicted molar refractivity (Wildman–Crippen MR) is 66.9 cm³/mol. The maximum absolute atomic E-state index is 12.8. The summed E-state index contributed by atoms with van der Waals surface area (Å²) in [5, 5.41) is 8.62. The highest BCUT2D eigenvalue weighted by atomic mass is 19.4. The van der Waals surface area contributed by atoms with Gasteiger partial charge < -0.3 is 5.11 Å². The molecule has 0 atom stereocenters. The summed E-state index contributed by atoms with van der Waals surface area (Å²) in [6.07, 6.45) is -1.25. The Kier molecular flexibility index (Phi) is 4.75. The number of alkyl halides is 3. The third kappa shape index (κ3) is 3.84. The lowest BCUT2D eigenvalue weighted by molar-refractivity contribution is -0.137. The average Bonchev–Trinajstić information content (AvgIpc) is 2.33. The summed E-state index contributed by atoms with van der Waals surface area (Å²) in [5.74, 6) is -1.12. The van der Waals surface area contributed by atoms with Crippen molar-refractivity contribution in [1.82, 2.24) is 0 Å². The van der Waals surface area contributed by atoms with Crippen molar-refractivity contribution in [3.05, 3.63) is 40.5 Å². The van der Waals surface area contributed by atoms with Crippen molar-refractivity contribution in [1.29, 1.82) is 0 Å². The van der Waals surface area contributed by atoms with E-state index < -0.39 is 17.7 Å². The van der Waals surface area contributed by atoms with E-state index in [2.05, 4.69) is 0 Å². The molecule has 5 heteroatoms. The Hall–Kier alpha value is -1.78. The maximum atomic E-state index is 12.8. The molecule has 0 amide bonds. The second-order valence-corrected chi connectivity index (χ2v) is 4.08. The van der Waals surface area contributed by atoms with Crippen molar-refractivity contribution in [3.8, 4) is 0 Å². The third-order valence-corrected chi connectivity index (χ3v) is 2.83. The van der Waals surface area contributed by atoms with Crippen LogP contribution in [-0.4, -0.2) is 11.1 Å². The second kappa shape index (κ2) is 5.91. The SMILES string of the molecule is CCc1cc(C(F)(F)F)cc(CC)c1C=CC(=O)O. The fourth-order valence-corrected chi connectivity index (χ4v) is 1.90. The monoisotopic (exact) mass is 272 g/mol. The maximum Gasteiger partial charge on any atom is 0.416 e. The summed E-state index contributed by atoms with van der Waals surface area (Å²) < 4.78 is 38.3. The lowest BCUT2D eigenvalue weighted by atomic mass is 9.94. The van der Waals surface area contributed by atoms with Crippen molar-refractivity contribution < 1.29 is 23.1 Å². The van der Waals surface area contributed by atoms with Crippen LogP contribution in [0.25, 0.3) is 6.08 Å². The number of halogens is 3. The van der Waals surface area contributed by atoms with E-state index in [4.69, 9.17) is 5.11 Å². The normalized spacial score (nSPS) is 12.1. The van der Waals surface area contributed by atoms with Gasteiger partial charge in [-0.2, -0.15) is 13.2 Å². The number of carboxylic acid groups (broad SMARTS) is 1. The Morgan fingerprint density at radius 3 is 2.00 bits per heavy atom. The van der Waals surface area contributed by atoms with Gasteiger partial charge in [-0.25, -0.2) is 4.79 Å². The Bertz CT molecular complexity index is 477. The minimum Gasteiger partial charge on any atom is -0.478 e. The van der Waals surface area contributed by atoms with E-state index in [0.717, 1.165) is 18.2 Å². The van der Waals surface area contributed by atoms with Crippen LogP contribution in [0.4, 0.5) is 13.2 Å². The Labute approximate surface area is 109 Å². The first kappa shape index (κ1) is 15.3. The van der Waals surface area contributed by atoms with E-state index in [9.17, 15) is 18.0 Å². The predicted octanol–water partition coefficient (Wildman–Crippen LogP) is 3.93. The zero-order valence-corrected chi connectivity index (χ0v) is 10.7. The summed E-state index contributed by atoms with van der Waals surface area (Å²) in [4.78, 5) is 10.5. The molecule has 0 unspecified atom stereocenters. The lowest BCUT2D eigenvalue weighted by Crippen LogP contribution is -2.08. The fraction of sp³-hybridized carbons (Fsp3) is 0.357. The number of aryl methyl sites for hydroxylation is 2. The Morgan fingerprint density at radius 1 is 1.21 bits per heavy atom. The third-order valence-electron chi connectivity index (χ3n) is 2.83. The molecule has 104 valence electrons. The van der Waals surface area contributed by atoms with Gasteiger partial charge in [0.25, 0.3) is 0 Å². The minimum absolute atomic E-state index is 0.413. The molecule has 0 aromatic heterocycles. The van der Waals surface area contributed by atoms with Crippen molar-refractivity contribution in [2.75, 3.05) is 0 Å². The molecule has 0 saturated heterocycles. The highest BCUT2D eigenvalue weighted by molar-refractivity contribution is 5.86. The van der Waals surface area contributed by atoms with Crippen LogP contribution in [0.5, 0.6) is 0 Å². The molecule has 0 aliphatic rings. The largest absolute Gasteiger partial charge is 0.478 e. The number of carboxylic acids is 1. The molecule has 19 heavy (non-hydrogen) atoms. The van der Waals surface area contributed by atoms with Gasteiger partial charge in [0.2, 0.25) is 0 Å². The molecule has 0 bridgehead atoms. The molecule has 1 aromatic carbocycles. The quantitative estimate of drug-likeness (QED) is 0.843. The van der Waals surface area contributed by atoms with Gasteiger partial charge in [-0.15, -0.1) is 0 Å². The molecular formula is C14H15F3O2. The standard InChI is InChI=1S/C14H15F3O2/c1-3-9-7-11(14(15,16)17)8-10(4-2)12(9)5-6-13(18)19/h5-8H,3-4H2,1-2H3,(H,18,19). The van der Waals surface area contributed by atoms with E-state index in [0.29, 0.717) is 29.5 Å². The smallest absolute Gasteiger partial charge is 0.416 e. The second-order valence-electron chi connectivity index (χ2n) is 4.08. The van der Waals surface area contributed by atoms with Crippen LogP contribution in [0.2, 0.25) is 0 Å². The number of rotatable bonds is 4. The van der Waals surface area contributed by atoms with Crippen LogP contribution in [0.3, 0.4) is 0 Å². The van der Waals surface area contributed by atoms with E-state index >= 15 is 0 Å². The van der Waals surface area contributed by atoms with Gasteiger partial charge in [0, 0.05) is 6.08 Å². The number of hydrogen-bond acceptors (Lipinski definition) is 1. The number of benzene rings is 1. The summed E-state index contributed by atoms with van der Waals surface area (Å²) in [5.41, 5.74) is 0.891. The molecule has 0 aliphatic carbocycles. The van der Waals surface area contributed by atoms with Gasteiger partial charge in [-0.3, -0.25) is 0 Å². The highest BCUT2D eigenvalue weighted by Crippen LogP contribution is 2.33. The summed E-state index contributed by atoms with van der Waals surface area (Å²) in [6.45, 7) is 3.49. The van der Waals surface area contributed by atoms with Crippen LogP contribution in [-0.2, 0) is 23.8 Å². The zero-order valence-electron chi connectivity index (χ0n) is 10.7. The molecule has 0 aliphatic heterocycles. The van der Waals surface area contributed by atoms with E-state index in [1.165, 1.54) is 6.08 Å². The fourth-order valence-electron chi connectivity index (χ4n) is 1.90. The first-order valence-electron chi connectivity index (χ1n) is 5.93. The number of carbonyl (C=O) groups is 1. The summed E-state index contributed by atoms with van der Waals surface area (Å²) in [7, 11) is 0. The van der Waals surface area contributed by atoms with Crippen molar-refractivity contribution in [2.45, 2.75) is 32.9 Å². The summed E-state index contributed by atoms with van der Waals surface area (Å²) >= 11 is 0. The minimum atomic E-state index is -4.39.